The van der Waals surface area contributed by atoms with Crippen molar-refractivity contribution in [2.75, 3.05) is 12.3 Å². The van der Waals surface area contributed by atoms with E-state index in [4.69, 9.17) is 0 Å². The van der Waals surface area contributed by atoms with Crippen molar-refractivity contribution < 1.29 is 4.79 Å². The van der Waals surface area contributed by atoms with Crippen LogP contribution in [0.3, 0.4) is 0 Å². The molecule has 0 spiro atoms. The number of nitrogens with one attached hydrogen (secondary N) is 2. The Bertz CT molecular complexity index is 253. The topological polar surface area (TPSA) is 53.5 Å². The number of carbonyl (C=O) groups is 1. The van der Waals surface area contributed by atoms with E-state index in [1.165, 1.54) is 0 Å². The molecule has 0 aliphatic carbocycles. The summed E-state index contributed by atoms with van der Waals surface area (Å²) >= 11 is 1.69. The third-order valence-corrected chi connectivity index (χ3v) is 2.94. The second kappa shape index (κ2) is 6.00. The van der Waals surface area contributed by atoms with Crippen LogP contribution in [0.25, 0.3) is 0 Å². The van der Waals surface area contributed by atoms with Crippen LogP contribution in [0.15, 0.2) is 4.99 Å². The highest BCUT2D eigenvalue weighted by molar-refractivity contribution is 8.13. The molecule has 4 nitrogen and oxygen atoms in total. The molecule has 2 N–H and O–H groups in total. The average molecular weight is 229 g/mol. The number of carbonyl (C=O) groups excluding carboxylic acids is 1. The number of thioether (sulfide) groups is 1. The van der Waals surface area contributed by atoms with Crippen LogP contribution < -0.4 is 10.6 Å². The monoisotopic (exact) mass is 229 g/mol. The molecule has 5 heteroatoms. The zero-order chi connectivity index (χ0) is 11.3. The molecule has 86 valence electrons. The van der Waals surface area contributed by atoms with Gasteiger partial charge < -0.3 is 10.6 Å². The summed E-state index contributed by atoms with van der Waals surface area (Å²) < 4.78 is 0. The Morgan fingerprint density at radius 2 is 2.47 bits per heavy atom. The summed E-state index contributed by atoms with van der Waals surface area (Å²) in [5, 5.41) is 6.96. The number of amidine groups is 1. The Morgan fingerprint density at radius 3 is 3.07 bits per heavy atom. The van der Waals surface area contributed by atoms with E-state index in [0.29, 0.717) is 6.04 Å². The van der Waals surface area contributed by atoms with Gasteiger partial charge in [0, 0.05) is 17.8 Å². The quantitative estimate of drug-likeness (QED) is 0.758. The van der Waals surface area contributed by atoms with Gasteiger partial charge in [-0.1, -0.05) is 11.8 Å². The van der Waals surface area contributed by atoms with Crippen LogP contribution in [0.1, 0.15) is 27.2 Å². The lowest BCUT2D eigenvalue weighted by Gasteiger charge is -2.21. The molecule has 0 aromatic carbocycles. The van der Waals surface area contributed by atoms with Crippen molar-refractivity contribution in [1.82, 2.24) is 10.6 Å². The number of rotatable bonds is 3. The number of nitrogens with zero attached hydrogens (tertiary/aromatic N) is 1. The van der Waals surface area contributed by atoms with E-state index in [9.17, 15) is 4.79 Å². The fraction of sp³-hybridized carbons (Fsp3) is 0.800. The molecule has 0 bridgehead atoms. The lowest BCUT2D eigenvalue weighted by molar-refractivity contribution is -0.120. The largest absolute Gasteiger partial charge is 0.362 e. The van der Waals surface area contributed by atoms with Gasteiger partial charge in [0.05, 0.1) is 0 Å². The fourth-order valence-electron chi connectivity index (χ4n) is 1.26. The maximum absolute atomic E-state index is 11.3. The number of aliphatic imine (C=N–C) groups is 1. The summed E-state index contributed by atoms with van der Waals surface area (Å²) in [6.07, 6.45) is 1.15. The minimum Gasteiger partial charge on any atom is -0.362 e. The summed E-state index contributed by atoms with van der Waals surface area (Å²) in [4.78, 5) is 15.6. The predicted molar refractivity (Wildman–Crippen MR) is 65.3 cm³/mol. The smallest absolute Gasteiger partial charge is 0.241 e. The van der Waals surface area contributed by atoms with E-state index in [1.807, 2.05) is 13.8 Å². The van der Waals surface area contributed by atoms with Crippen LogP contribution in [0.5, 0.6) is 0 Å². The molecule has 15 heavy (non-hydrogen) atoms. The van der Waals surface area contributed by atoms with Gasteiger partial charge in [0.2, 0.25) is 5.91 Å². The average Bonchev–Trinajstić information content (AvgIpc) is 2.14. The van der Waals surface area contributed by atoms with Gasteiger partial charge in [-0.3, -0.25) is 9.79 Å². The first-order chi connectivity index (χ1) is 7.08. The van der Waals surface area contributed by atoms with Gasteiger partial charge in [0.25, 0.3) is 0 Å². The van der Waals surface area contributed by atoms with Gasteiger partial charge in [-0.2, -0.15) is 0 Å². The Hall–Kier alpha value is -0.710. The van der Waals surface area contributed by atoms with Crippen molar-refractivity contribution >= 4 is 22.8 Å². The number of amides is 1. The molecule has 0 saturated carbocycles. The Labute approximate surface area is 95.3 Å². The molecule has 1 rings (SSSR count). The maximum Gasteiger partial charge on any atom is 0.241 e. The van der Waals surface area contributed by atoms with Crippen LogP contribution in [0.2, 0.25) is 0 Å². The highest BCUT2D eigenvalue weighted by Crippen LogP contribution is 2.12. The molecule has 1 saturated heterocycles. The summed E-state index contributed by atoms with van der Waals surface area (Å²) in [5.41, 5.74) is 0. The van der Waals surface area contributed by atoms with Crippen LogP contribution in [0.4, 0.5) is 0 Å². The highest BCUT2D eigenvalue weighted by atomic mass is 32.2. The molecular weight excluding hydrogens is 210 g/mol. The third-order valence-electron chi connectivity index (χ3n) is 1.98. The normalized spacial score (nSPS) is 24.0. The van der Waals surface area contributed by atoms with E-state index < -0.39 is 0 Å². The molecule has 1 heterocycles. The SMILES string of the molecule is CC(C)NC(=O)CN=C1NC(C)CCS1. The van der Waals surface area contributed by atoms with E-state index in [1.54, 1.807) is 11.8 Å². The van der Waals surface area contributed by atoms with Crippen LogP contribution >= 0.6 is 11.8 Å². The fourth-order valence-corrected chi connectivity index (χ4v) is 2.36. The molecule has 1 fully saturated rings. The lowest BCUT2D eigenvalue weighted by atomic mass is 10.3. The summed E-state index contributed by atoms with van der Waals surface area (Å²) in [6.45, 7) is 6.24. The number of hydrogen-bond acceptors (Lipinski definition) is 3. The zero-order valence-corrected chi connectivity index (χ0v) is 10.4. The van der Waals surface area contributed by atoms with E-state index in [2.05, 4.69) is 22.5 Å². The van der Waals surface area contributed by atoms with Crippen molar-refractivity contribution in [2.45, 2.75) is 39.3 Å². The highest BCUT2D eigenvalue weighted by Gasteiger charge is 2.13. The standard InChI is InChI=1S/C10H19N3OS/c1-7(2)12-9(14)6-11-10-13-8(3)4-5-15-10/h7-8H,4-6H2,1-3H3,(H,11,13)(H,12,14). The second-order valence-electron chi connectivity index (χ2n) is 4.03. The van der Waals surface area contributed by atoms with Gasteiger partial charge in [-0.05, 0) is 27.2 Å². The van der Waals surface area contributed by atoms with Crippen molar-refractivity contribution in [3.05, 3.63) is 0 Å². The molecular formula is C10H19N3OS. The molecule has 0 radical (unpaired) electrons. The summed E-state index contributed by atoms with van der Waals surface area (Å²) in [7, 11) is 0. The Kier molecular flexibility index (Phi) is 4.94. The van der Waals surface area contributed by atoms with Crippen LogP contribution in [-0.4, -0.2) is 35.5 Å². The molecule has 1 atom stereocenters. The third kappa shape index (κ3) is 5.06. The predicted octanol–water partition coefficient (Wildman–Crippen LogP) is 0.982. The lowest BCUT2D eigenvalue weighted by Crippen LogP contribution is -2.37. The van der Waals surface area contributed by atoms with Gasteiger partial charge in [0.15, 0.2) is 5.17 Å². The first-order valence-electron chi connectivity index (χ1n) is 5.31. The van der Waals surface area contributed by atoms with Crippen LogP contribution in [0, 0.1) is 0 Å². The van der Waals surface area contributed by atoms with E-state index >= 15 is 0 Å². The zero-order valence-electron chi connectivity index (χ0n) is 9.54. The molecule has 1 aliphatic rings. The van der Waals surface area contributed by atoms with E-state index in [-0.39, 0.29) is 18.5 Å². The summed E-state index contributed by atoms with van der Waals surface area (Å²) in [5.74, 6) is 1.07. The number of hydrogen-bond donors (Lipinski definition) is 2. The molecule has 1 amide bonds. The van der Waals surface area contributed by atoms with Crippen molar-refractivity contribution in [1.29, 1.82) is 0 Å². The minimum atomic E-state index is -0.0156. The molecule has 1 aliphatic heterocycles. The van der Waals surface area contributed by atoms with Crippen molar-refractivity contribution in [3.63, 3.8) is 0 Å². The van der Waals surface area contributed by atoms with Crippen molar-refractivity contribution in [3.8, 4) is 0 Å². The minimum absolute atomic E-state index is 0.0156. The summed E-state index contributed by atoms with van der Waals surface area (Å²) in [6, 6.07) is 0.654. The van der Waals surface area contributed by atoms with Crippen molar-refractivity contribution in [2.24, 2.45) is 4.99 Å². The second-order valence-corrected chi connectivity index (χ2v) is 5.11. The van der Waals surface area contributed by atoms with Gasteiger partial charge in [0.1, 0.15) is 6.54 Å². The van der Waals surface area contributed by atoms with E-state index in [0.717, 1.165) is 17.3 Å². The molecule has 1 unspecified atom stereocenters. The first-order valence-corrected chi connectivity index (χ1v) is 6.29. The van der Waals surface area contributed by atoms with Crippen LogP contribution in [-0.2, 0) is 4.79 Å². The Morgan fingerprint density at radius 1 is 1.73 bits per heavy atom. The maximum atomic E-state index is 11.3. The Balaban J connectivity index is 2.33. The first kappa shape index (κ1) is 12.4. The van der Waals surface area contributed by atoms with Gasteiger partial charge in [-0.15, -0.1) is 0 Å². The van der Waals surface area contributed by atoms with Gasteiger partial charge in [-0.25, -0.2) is 0 Å². The van der Waals surface area contributed by atoms with Gasteiger partial charge >= 0.3 is 0 Å². The molecule has 0 aromatic heterocycles. The molecule has 0 aromatic rings.